The van der Waals surface area contributed by atoms with E-state index in [1.807, 2.05) is 30.3 Å². The molecule has 3 aromatic rings. The largest absolute Gasteiger partial charge is 0.454 e. The zero-order valence-electron chi connectivity index (χ0n) is 15.7. The van der Waals surface area contributed by atoms with Crippen LogP contribution in [0.2, 0.25) is 5.02 Å². The molecular weight excluding hydrogens is 410 g/mol. The van der Waals surface area contributed by atoms with Gasteiger partial charge in [-0.15, -0.1) is 11.3 Å². The second-order valence-corrected chi connectivity index (χ2v) is 8.07. The molecule has 2 aliphatic rings. The van der Waals surface area contributed by atoms with E-state index in [0.29, 0.717) is 6.54 Å². The van der Waals surface area contributed by atoms with Gasteiger partial charge in [-0.05, 0) is 30.3 Å². The van der Waals surface area contributed by atoms with Crippen molar-refractivity contribution >= 4 is 34.3 Å². The van der Waals surface area contributed by atoms with E-state index >= 15 is 0 Å². The maximum atomic E-state index is 6.52. The van der Waals surface area contributed by atoms with Gasteiger partial charge < -0.3 is 24.4 Å². The van der Waals surface area contributed by atoms with E-state index in [4.69, 9.17) is 30.8 Å². The lowest BCUT2D eigenvalue weighted by molar-refractivity contribution is 0.123. The van der Waals surface area contributed by atoms with Crippen LogP contribution >= 0.6 is 22.9 Å². The highest BCUT2D eigenvalue weighted by Gasteiger charge is 2.18. The monoisotopic (exact) mass is 429 g/mol. The van der Waals surface area contributed by atoms with E-state index in [1.165, 1.54) is 0 Å². The van der Waals surface area contributed by atoms with Crippen LogP contribution in [0.15, 0.2) is 41.8 Å². The van der Waals surface area contributed by atoms with Gasteiger partial charge in [-0.1, -0.05) is 17.7 Å². The van der Waals surface area contributed by atoms with E-state index in [2.05, 4.69) is 21.7 Å². The molecule has 0 aliphatic carbocycles. The fourth-order valence-electron chi connectivity index (χ4n) is 3.50. The number of anilines is 2. The Morgan fingerprint density at radius 1 is 1.10 bits per heavy atom. The summed E-state index contributed by atoms with van der Waals surface area (Å²) < 4.78 is 16.3. The van der Waals surface area contributed by atoms with Crippen molar-refractivity contribution in [3.63, 3.8) is 0 Å². The summed E-state index contributed by atoms with van der Waals surface area (Å²) in [5, 5.41) is 7.29. The molecule has 0 bridgehead atoms. The number of fused-ring (bicyclic) bond motifs is 1. The second-order valence-electron chi connectivity index (χ2n) is 6.80. The van der Waals surface area contributed by atoms with Crippen LogP contribution in [0, 0.1) is 0 Å². The predicted molar refractivity (Wildman–Crippen MR) is 115 cm³/mol. The number of para-hydroxylation sites is 1. The van der Waals surface area contributed by atoms with Crippen LogP contribution in [0.5, 0.6) is 11.5 Å². The lowest BCUT2D eigenvalue weighted by Gasteiger charge is -2.31. The molecule has 6 nitrogen and oxygen atoms in total. The van der Waals surface area contributed by atoms with Gasteiger partial charge in [-0.25, -0.2) is 4.98 Å². The first-order valence-electron chi connectivity index (χ1n) is 9.47. The minimum atomic E-state index is 0.275. The molecule has 0 atom stereocenters. The quantitative estimate of drug-likeness (QED) is 0.637. The number of morpholine rings is 1. The Morgan fingerprint density at radius 2 is 1.97 bits per heavy atom. The maximum Gasteiger partial charge on any atom is 0.231 e. The van der Waals surface area contributed by atoms with Gasteiger partial charge in [0.1, 0.15) is 5.01 Å². The third-order valence-corrected chi connectivity index (χ3v) is 6.19. The molecule has 1 saturated heterocycles. The van der Waals surface area contributed by atoms with Crippen LogP contribution in [-0.4, -0.2) is 38.1 Å². The maximum absolute atomic E-state index is 6.52. The van der Waals surface area contributed by atoms with Crippen molar-refractivity contribution in [3.05, 3.63) is 52.5 Å². The number of nitrogens with one attached hydrogen (secondary N) is 1. The van der Waals surface area contributed by atoms with Crippen molar-refractivity contribution in [2.45, 2.75) is 6.54 Å². The zero-order chi connectivity index (χ0) is 19.6. The Labute approximate surface area is 178 Å². The summed E-state index contributed by atoms with van der Waals surface area (Å²) in [5.74, 6) is 1.55. The molecule has 1 aromatic heterocycles. The third kappa shape index (κ3) is 3.85. The van der Waals surface area contributed by atoms with Crippen LogP contribution < -0.4 is 19.7 Å². The Morgan fingerprint density at radius 3 is 2.86 bits per heavy atom. The average molecular weight is 430 g/mol. The lowest BCUT2D eigenvalue weighted by atomic mass is 10.2. The first kappa shape index (κ1) is 18.5. The van der Waals surface area contributed by atoms with Crippen molar-refractivity contribution in [1.29, 1.82) is 0 Å². The summed E-state index contributed by atoms with van der Waals surface area (Å²) in [4.78, 5) is 7.05. The smallest absolute Gasteiger partial charge is 0.231 e. The average Bonchev–Trinajstić information content (AvgIpc) is 3.42. The molecule has 0 saturated carbocycles. The van der Waals surface area contributed by atoms with E-state index < -0.39 is 0 Å². The third-order valence-electron chi connectivity index (χ3n) is 4.95. The molecule has 3 heterocycles. The number of benzene rings is 2. The summed E-state index contributed by atoms with van der Waals surface area (Å²) in [5.41, 5.74) is 4.05. The molecule has 150 valence electrons. The van der Waals surface area contributed by atoms with Crippen LogP contribution in [0.4, 0.5) is 11.4 Å². The minimum Gasteiger partial charge on any atom is -0.454 e. The summed E-state index contributed by atoms with van der Waals surface area (Å²) in [6.07, 6.45) is 0. The molecule has 1 N–H and O–H groups in total. The number of rotatable bonds is 5. The van der Waals surface area contributed by atoms with E-state index in [1.54, 1.807) is 11.3 Å². The van der Waals surface area contributed by atoms with E-state index in [0.717, 1.165) is 70.5 Å². The van der Waals surface area contributed by atoms with Crippen molar-refractivity contribution in [1.82, 2.24) is 4.98 Å². The number of thiazole rings is 1. The number of aromatic nitrogens is 1. The van der Waals surface area contributed by atoms with Crippen molar-refractivity contribution in [2.24, 2.45) is 0 Å². The number of hydrogen-bond donors (Lipinski definition) is 1. The van der Waals surface area contributed by atoms with Gasteiger partial charge >= 0.3 is 0 Å². The van der Waals surface area contributed by atoms with Gasteiger partial charge in [-0.3, -0.25) is 0 Å². The molecule has 1 fully saturated rings. The topological polar surface area (TPSA) is 55.8 Å². The van der Waals surface area contributed by atoms with E-state index in [9.17, 15) is 0 Å². The highest BCUT2D eigenvalue weighted by Crippen LogP contribution is 2.37. The first-order valence-corrected chi connectivity index (χ1v) is 10.7. The standard InChI is InChI=1S/C21H20ClN3O3S/c22-16-2-1-3-17(20(16)25-6-8-26-9-7-25)23-11-15-12-29-21(24-15)14-4-5-18-19(10-14)28-13-27-18/h1-5,10,12,23H,6-9,11,13H2. The van der Waals surface area contributed by atoms with Crippen molar-refractivity contribution in [3.8, 4) is 22.1 Å². The van der Waals surface area contributed by atoms with Gasteiger partial charge in [0, 0.05) is 24.0 Å². The zero-order valence-corrected chi connectivity index (χ0v) is 17.3. The van der Waals surface area contributed by atoms with Gasteiger partial charge in [0.15, 0.2) is 11.5 Å². The fourth-order valence-corrected chi connectivity index (χ4v) is 4.61. The Kier molecular flexibility index (Phi) is 5.18. The minimum absolute atomic E-state index is 0.275. The van der Waals surface area contributed by atoms with Crippen molar-refractivity contribution < 1.29 is 14.2 Å². The lowest BCUT2D eigenvalue weighted by Crippen LogP contribution is -2.36. The molecule has 2 aromatic carbocycles. The molecule has 0 amide bonds. The second kappa shape index (κ2) is 8.10. The Balaban J connectivity index is 1.32. The van der Waals surface area contributed by atoms with Crippen LogP contribution in [0.3, 0.4) is 0 Å². The molecule has 0 spiro atoms. The van der Waals surface area contributed by atoms with Gasteiger partial charge in [0.05, 0.1) is 41.8 Å². The Bertz CT molecular complexity index is 1020. The summed E-state index contributed by atoms with van der Waals surface area (Å²) in [6, 6.07) is 11.9. The highest BCUT2D eigenvalue weighted by atomic mass is 35.5. The van der Waals surface area contributed by atoms with Crippen LogP contribution in [0.25, 0.3) is 10.6 Å². The van der Waals surface area contributed by atoms with E-state index in [-0.39, 0.29) is 6.79 Å². The Hall–Kier alpha value is -2.48. The summed E-state index contributed by atoms with van der Waals surface area (Å²) in [7, 11) is 0. The summed E-state index contributed by atoms with van der Waals surface area (Å²) >= 11 is 8.14. The normalized spacial score (nSPS) is 15.6. The predicted octanol–water partition coefficient (Wildman–Crippen LogP) is 4.64. The van der Waals surface area contributed by atoms with Crippen molar-refractivity contribution in [2.75, 3.05) is 43.3 Å². The molecule has 0 unspecified atom stereocenters. The molecule has 5 rings (SSSR count). The van der Waals surface area contributed by atoms with Crippen LogP contribution in [0.1, 0.15) is 5.69 Å². The SMILES string of the molecule is Clc1cccc(NCc2csc(-c3ccc4c(c3)OCO4)n2)c1N1CCOCC1. The number of ether oxygens (including phenoxy) is 3. The number of hydrogen-bond acceptors (Lipinski definition) is 7. The first-order chi connectivity index (χ1) is 14.3. The molecule has 8 heteroatoms. The fraction of sp³-hybridized carbons (Fsp3) is 0.286. The number of nitrogens with zero attached hydrogens (tertiary/aromatic N) is 2. The molecule has 29 heavy (non-hydrogen) atoms. The van der Waals surface area contributed by atoms with Gasteiger partial charge in [0.25, 0.3) is 0 Å². The molecule has 2 aliphatic heterocycles. The molecular formula is C21H20ClN3O3S. The molecule has 0 radical (unpaired) electrons. The van der Waals surface area contributed by atoms with Gasteiger partial charge in [0.2, 0.25) is 6.79 Å². The van der Waals surface area contributed by atoms with Crippen LogP contribution in [-0.2, 0) is 11.3 Å². The number of halogens is 1. The summed E-state index contributed by atoms with van der Waals surface area (Å²) in [6.45, 7) is 4.01. The van der Waals surface area contributed by atoms with Gasteiger partial charge in [-0.2, -0.15) is 0 Å². The highest BCUT2D eigenvalue weighted by molar-refractivity contribution is 7.13.